The summed E-state index contributed by atoms with van der Waals surface area (Å²) in [4.78, 5) is 2.36. The standard InChI is InChI=1S/C20H21N7/c1-25-17(11-12-21-25)16-8-5-13-26(14-16)19-10-9-18-22-23-20(27(18)24-19)15-6-3-2-4-7-15/h2-4,6-7,9-12,16H,5,8,13-14H2,1H3. The van der Waals surface area contributed by atoms with Crippen LogP contribution in [0.1, 0.15) is 24.5 Å². The van der Waals surface area contributed by atoms with Crippen molar-refractivity contribution in [3.63, 3.8) is 0 Å². The Morgan fingerprint density at radius 2 is 1.89 bits per heavy atom. The molecule has 1 aliphatic heterocycles. The first-order valence-electron chi connectivity index (χ1n) is 9.30. The first-order valence-corrected chi connectivity index (χ1v) is 9.30. The number of fused-ring (bicyclic) bond motifs is 1. The molecule has 1 saturated heterocycles. The van der Waals surface area contributed by atoms with Crippen molar-refractivity contribution in [3.8, 4) is 11.4 Å². The van der Waals surface area contributed by atoms with Gasteiger partial charge < -0.3 is 4.90 Å². The van der Waals surface area contributed by atoms with Crippen molar-refractivity contribution in [2.75, 3.05) is 18.0 Å². The fourth-order valence-electron chi connectivity index (χ4n) is 3.93. The Kier molecular flexibility index (Phi) is 3.85. The fourth-order valence-corrected chi connectivity index (χ4v) is 3.93. The molecule has 0 aliphatic carbocycles. The third kappa shape index (κ3) is 2.85. The maximum Gasteiger partial charge on any atom is 0.185 e. The fraction of sp³-hybridized carbons (Fsp3) is 0.300. The molecule has 1 atom stereocenters. The molecule has 0 bridgehead atoms. The smallest absolute Gasteiger partial charge is 0.185 e. The van der Waals surface area contributed by atoms with Crippen molar-refractivity contribution in [1.82, 2.24) is 29.6 Å². The van der Waals surface area contributed by atoms with Gasteiger partial charge in [0, 0.05) is 43.5 Å². The van der Waals surface area contributed by atoms with Crippen LogP contribution in [0.4, 0.5) is 5.82 Å². The maximum absolute atomic E-state index is 4.87. The molecule has 1 aliphatic rings. The highest BCUT2D eigenvalue weighted by Gasteiger charge is 2.24. The molecule has 0 radical (unpaired) electrons. The molecule has 1 unspecified atom stereocenters. The number of hydrogen-bond acceptors (Lipinski definition) is 5. The van der Waals surface area contributed by atoms with E-state index in [9.17, 15) is 0 Å². The van der Waals surface area contributed by atoms with Crippen LogP contribution in [0, 0.1) is 0 Å². The Balaban J connectivity index is 1.49. The summed E-state index contributed by atoms with van der Waals surface area (Å²) in [5.74, 6) is 2.21. The molecule has 27 heavy (non-hydrogen) atoms. The zero-order chi connectivity index (χ0) is 18.2. The number of aromatic nitrogens is 6. The summed E-state index contributed by atoms with van der Waals surface area (Å²) in [5.41, 5.74) is 3.06. The lowest BCUT2D eigenvalue weighted by molar-refractivity contribution is 0.479. The van der Waals surface area contributed by atoms with Gasteiger partial charge in [0.05, 0.1) is 0 Å². The maximum atomic E-state index is 4.87. The Labute approximate surface area is 157 Å². The van der Waals surface area contributed by atoms with Crippen LogP contribution in [0.2, 0.25) is 0 Å². The Morgan fingerprint density at radius 3 is 2.70 bits per heavy atom. The number of hydrogen-bond donors (Lipinski definition) is 0. The zero-order valence-corrected chi connectivity index (χ0v) is 15.2. The van der Waals surface area contributed by atoms with Gasteiger partial charge >= 0.3 is 0 Å². The summed E-state index contributed by atoms with van der Waals surface area (Å²) in [6.45, 7) is 1.95. The van der Waals surface area contributed by atoms with E-state index in [2.05, 4.69) is 26.3 Å². The van der Waals surface area contributed by atoms with E-state index in [4.69, 9.17) is 5.10 Å². The highest BCUT2D eigenvalue weighted by molar-refractivity contribution is 5.59. The van der Waals surface area contributed by atoms with Crippen molar-refractivity contribution in [2.45, 2.75) is 18.8 Å². The van der Waals surface area contributed by atoms with Crippen molar-refractivity contribution < 1.29 is 0 Å². The quantitative estimate of drug-likeness (QED) is 0.563. The van der Waals surface area contributed by atoms with Gasteiger partial charge in [-0.15, -0.1) is 15.3 Å². The highest BCUT2D eigenvalue weighted by Crippen LogP contribution is 2.29. The molecule has 136 valence electrons. The van der Waals surface area contributed by atoms with Crippen LogP contribution in [-0.4, -0.2) is 42.7 Å². The number of rotatable bonds is 3. The van der Waals surface area contributed by atoms with Gasteiger partial charge in [0.25, 0.3) is 0 Å². The molecule has 0 amide bonds. The van der Waals surface area contributed by atoms with E-state index < -0.39 is 0 Å². The summed E-state index contributed by atoms with van der Waals surface area (Å²) in [6.07, 6.45) is 4.20. The second kappa shape index (κ2) is 6.50. The molecule has 7 heteroatoms. The molecule has 0 N–H and O–H groups in total. The summed E-state index contributed by atoms with van der Waals surface area (Å²) < 4.78 is 3.83. The van der Waals surface area contributed by atoms with E-state index in [1.807, 2.05) is 64.9 Å². The molecule has 3 aromatic heterocycles. The molecular weight excluding hydrogens is 338 g/mol. The average molecular weight is 359 g/mol. The van der Waals surface area contributed by atoms with Crippen LogP contribution in [0.15, 0.2) is 54.7 Å². The second-order valence-electron chi connectivity index (χ2n) is 7.02. The van der Waals surface area contributed by atoms with Gasteiger partial charge in [-0.25, -0.2) is 0 Å². The molecule has 0 saturated carbocycles. The van der Waals surface area contributed by atoms with Crippen LogP contribution in [0.3, 0.4) is 0 Å². The summed E-state index contributed by atoms with van der Waals surface area (Å²) in [7, 11) is 2.02. The monoisotopic (exact) mass is 359 g/mol. The molecule has 1 fully saturated rings. The number of aryl methyl sites for hydroxylation is 1. The van der Waals surface area contributed by atoms with E-state index in [0.29, 0.717) is 5.92 Å². The molecule has 4 heterocycles. The Hall–Kier alpha value is -3.22. The largest absolute Gasteiger partial charge is 0.355 e. The normalized spacial score (nSPS) is 17.5. The van der Waals surface area contributed by atoms with Gasteiger partial charge in [-0.1, -0.05) is 30.3 Å². The minimum Gasteiger partial charge on any atom is -0.355 e. The first-order chi connectivity index (χ1) is 13.3. The van der Waals surface area contributed by atoms with E-state index in [1.54, 1.807) is 0 Å². The predicted octanol–water partition coefficient (Wildman–Crippen LogP) is 2.91. The van der Waals surface area contributed by atoms with E-state index in [1.165, 1.54) is 12.1 Å². The van der Waals surface area contributed by atoms with Crippen LogP contribution >= 0.6 is 0 Å². The number of piperidine rings is 1. The van der Waals surface area contributed by atoms with E-state index in [0.717, 1.165) is 42.4 Å². The third-order valence-electron chi connectivity index (χ3n) is 5.30. The van der Waals surface area contributed by atoms with Crippen molar-refractivity contribution >= 4 is 11.5 Å². The lowest BCUT2D eigenvalue weighted by atomic mass is 9.95. The number of benzene rings is 1. The van der Waals surface area contributed by atoms with Crippen molar-refractivity contribution in [1.29, 1.82) is 0 Å². The van der Waals surface area contributed by atoms with Crippen molar-refractivity contribution in [3.05, 3.63) is 60.4 Å². The van der Waals surface area contributed by atoms with Gasteiger partial charge in [0.15, 0.2) is 11.5 Å². The van der Waals surface area contributed by atoms with Crippen LogP contribution in [-0.2, 0) is 7.05 Å². The van der Waals surface area contributed by atoms with Crippen molar-refractivity contribution in [2.24, 2.45) is 7.05 Å². The average Bonchev–Trinajstić information content (AvgIpc) is 3.34. The van der Waals surface area contributed by atoms with Gasteiger partial charge in [0.1, 0.15) is 5.82 Å². The number of nitrogens with zero attached hydrogens (tertiary/aromatic N) is 7. The lowest BCUT2D eigenvalue weighted by Crippen LogP contribution is -2.35. The number of anilines is 1. The molecule has 0 spiro atoms. The topological polar surface area (TPSA) is 64.1 Å². The third-order valence-corrected chi connectivity index (χ3v) is 5.30. The van der Waals surface area contributed by atoms with Crippen LogP contribution in [0.5, 0.6) is 0 Å². The summed E-state index contributed by atoms with van der Waals surface area (Å²) >= 11 is 0. The minimum absolute atomic E-state index is 0.471. The SMILES string of the molecule is Cn1nccc1C1CCCN(c2ccc3nnc(-c4ccccc4)n3n2)C1. The summed E-state index contributed by atoms with van der Waals surface area (Å²) in [6, 6.07) is 16.2. The Bertz CT molecular complexity index is 1070. The van der Waals surface area contributed by atoms with E-state index >= 15 is 0 Å². The molecule has 5 rings (SSSR count). The zero-order valence-electron chi connectivity index (χ0n) is 15.2. The minimum atomic E-state index is 0.471. The lowest BCUT2D eigenvalue weighted by Gasteiger charge is -2.33. The molecular formula is C20H21N7. The van der Waals surface area contributed by atoms with Gasteiger partial charge in [-0.2, -0.15) is 9.61 Å². The second-order valence-corrected chi connectivity index (χ2v) is 7.02. The highest BCUT2D eigenvalue weighted by atomic mass is 15.4. The van der Waals surface area contributed by atoms with E-state index in [-0.39, 0.29) is 0 Å². The predicted molar refractivity (Wildman–Crippen MR) is 104 cm³/mol. The molecule has 7 nitrogen and oxygen atoms in total. The molecule has 1 aromatic carbocycles. The molecule has 4 aromatic rings. The van der Waals surface area contributed by atoms with Crippen LogP contribution < -0.4 is 4.90 Å². The van der Waals surface area contributed by atoms with Gasteiger partial charge in [-0.3, -0.25) is 4.68 Å². The Morgan fingerprint density at radius 1 is 1.00 bits per heavy atom. The summed E-state index contributed by atoms with van der Waals surface area (Å²) in [5, 5.41) is 17.8. The first kappa shape index (κ1) is 16.0. The van der Waals surface area contributed by atoms with Crippen LogP contribution in [0.25, 0.3) is 17.0 Å². The van der Waals surface area contributed by atoms with Gasteiger partial charge in [0.2, 0.25) is 0 Å². The van der Waals surface area contributed by atoms with Gasteiger partial charge in [-0.05, 0) is 31.0 Å².